The summed E-state index contributed by atoms with van der Waals surface area (Å²) >= 11 is 0. The first-order valence-corrected chi connectivity index (χ1v) is 44.1. The number of unbranched alkanes of at least 4 members (excludes halogenated alkanes) is 51. The van der Waals surface area contributed by atoms with Crippen LogP contribution >= 0.6 is 15.6 Å². The summed E-state index contributed by atoms with van der Waals surface area (Å²) in [6, 6.07) is 0. The minimum absolute atomic E-state index is 0.108. The minimum atomic E-state index is -4.96. The third-order valence-electron chi connectivity index (χ3n) is 18.5. The van der Waals surface area contributed by atoms with E-state index in [2.05, 4.69) is 34.6 Å². The Hall–Kier alpha value is -1.94. The second-order valence-electron chi connectivity index (χ2n) is 28.9. The van der Waals surface area contributed by atoms with Crippen molar-refractivity contribution < 1.29 is 80.2 Å². The van der Waals surface area contributed by atoms with Gasteiger partial charge >= 0.3 is 39.5 Å². The van der Waals surface area contributed by atoms with Crippen molar-refractivity contribution in [1.29, 1.82) is 0 Å². The highest BCUT2D eigenvalue weighted by atomic mass is 31.2. The molecule has 98 heavy (non-hydrogen) atoms. The van der Waals surface area contributed by atoms with E-state index in [0.29, 0.717) is 25.7 Å². The van der Waals surface area contributed by atoms with Gasteiger partial charge in [0.2, 0.25) is 0 Å². The third kappa shape index (κ3) is 72.4. The number of hydrogen-bond acceptors (Lipinski definition) is 15. The molecular formula is C79H154O17P2. The Bertz CT molecular complexity index is 1870. The molecular weight excluding hydrogens is 1280 g/mol. The van der Waals surface area contributed by atoms with E-state index < -0.39 is 97.5 Å². The van der Waals surface area contributed by atoms with Crippen molar-refractivity contribution >= 4 is 39.5 Å². The molecule has 582 valence electrons. The molecule has 19 heteroatoms. The predicted molar refractivity (Wildman–Crippen MR) is 400 cm³/mol. The zero-order valence-electron chi connectivity index (χ0n) is 63.9. The topological polar surface area (TPSA) is 237 Å². The number of ether oxygens (including phenoxy) is 4. The van der Waals surface area contributed by atoms with E-state index >= 15 is 0 Å². The van der Waals surface area contributed by atoms with Gasteiger partial charge in [-0.3, -0.25) is 37.3 Å². The Morgan fingerprint density at radius 2 is 0.469 bits per heavy atom. The first-order valence-electron chi connectivity index (χ1n) is 41.1. The van der Waals surface area contributed by atoms with E-state index in [1.807, 2.05) is 0 Å². The highest BCUT2D eigenvalue weighted by Crippen LogP contribution is 2.45. The molecule has 0 heterocycles. The van der Waals surface area contributed by atoms with Gasteiger partial charge in [-0.05, 0) is 31.6 Å². The van der Waals surface area contributed by atoms with Gasteiger partial charge in [0.1, 0.15) is 19.3 Å². The van der Waals surface area contributed by atoms with Crippen LogP contribution in [-0.4, -0.2) is 96.7 Å². The molecule has 0 aromatic carbocycles. The summed E-state index contributed by atoms with van der Waals surface area (Å²) in [7, 11) is -9.92. The quantitative estimate of drug-likeness (QED) is 0.0222. The number of carbonyl (C=O) groups is 4. The summed E-state index contributed by atoms with van der Waals surface area (Å²) in [6.07, 6.45) is 62.4. The molecule has 0 aliphatic carbocycles. The fourth-order valence-corrected chi connectivity index (χ4v) is 13.8. The lowest BCUT2D eigenvalue weighted by atomic mass is 10.0. The summed E-state index contributed by atoms with van der Waals surface area (Å²) in [5.41, 5.74) is 0. The molecule has 0 amide bonds. The summed E-state index contributed by atoms with van der Waals surface area (Å²) in [6.45, 7) is 7.29. The molecule has 3 N–H and O–H groups in total. The zero-order valence-corrected chi connectivity index (χ0v) is 65.7. The second kappa shape index (κ2) is 72.0. The lowest BCUT2D eigenvalue weighted by molar-refractivity contribution is -0.161. The van der Waals surface area contributed by atoms with Gasteiger partial charge in [-0.25, -0.2) is 9.13 Å². The monoisotopic (exact) mass is 1440 g/mol. The van der Waals surface area contributed by atoms with Crippen molar-refractivity contribution in [3.8, 4) is 0 Å². The lowest BCUT2D eigenvalue weighted by Gasteiger charge is -2.21. The van der Waals surface area contributed by atoms with Gasteiger partial charge in [0.05, 0.1) is 26.4 Å². The Morgan fingerprint density at radius 1 is 0.276 bits per heavy atom. The van der Waals surface area contributed by atoms with E-state index in [1.165, 1.54) is 244 Å². The van der Waals surface area contributed by atoms with Crippen molar-refractivity contribution in [2.24, 2.45) is 5.92 Å². The van der Waals surface area contributed by atoms with Crippen LogP contribution < -0.4 is 0 Å². The fraction of sp³-hybridized carbons (Fsp3) is 0.949. The SMILES string of the molecule is CCCCCCCCCCCCCCCCCCCC(=O)OC[C@H](COP(=O)(O)OC[C@@H](O)COP(=O)(O)OC[C@@H](COC(=O)CCCCCCCCCCC(C)C)OC(=O)CCCCCCCCCCCCCCC)OC(=O)CCCCCCCCCCCCCCCCCCC. The molecule has 0 aromatic heterocycles. The van der Waals surface area contributed by atoms with Crippen LogP contribution in [0.5, 0.6) is 0 Å². The van der Waals surface area contributed by atoms with Crippen LogP contribution in [0.3, 0.4) is 0 Å². The third-order valence-corrected chi connectivity index (χ3v) is 20.4. The number of phosphoric acid groups is 2. The molecule has 0 saturated heterocycles. The maximum atomic E-state index is 13.1. The van der Waals surface area contributed by atoms with Gasteiger partial charge in [-0.15, -0.1) is 0 Å². The molecule has 0 aliphatic rings. The molecule has 0 spiro atoms. The maximum Gasteiger partial charge on any atom is 0.472 e. The highest BCUT2D eigenvalue weighted by molar-refractivity contribution is 7.47. The number of hydrogen-bond donors (Lipinski definition) is 3. The number of aliphatic hydroxyl groups excluding tert-OH is 1. The van der Waals surface area contributed by atoms with Gasteiger partial charge in [0.15, 0.2) is 12.2 Å². The van der Waals surface area contributed by atoms with Crippen LogP contribution in [0.25, 0.3) is 0 Å². The van der Waals surface area contributed by atoms with Crippen LogP contribution in [0, 0.1) is 5.92 Å². The molecule has 0 rings (SSSR count). The smallest absolute Gasteiger partial charge is 0.462 e. The van der Waals surface area contributed by atoms with E-state index in [1.54, 1.807) is 0 Å². The average molecular weight is 1440 g/mol. The van der Waals surface area contributed by atoms with Crippen LogP contribution in [-0.2, 0) is 65.4 Å². The van der Waals surface area contributed by atoms with Gasteiger partial charge in [0.25, 0.3) is 0 Å². The predicted octanol–water partition coefficient (Wildman–Crippen LogP) is 23.6. The van der Waals surface area contributed by atoms with Crippen molar-refractivity contribution in [2.45, 2.75) is 438 Å². The van der Waals surface area contributed by atoms with Gasteiger partial charge in [0, 0.05) is 25.7 Å². The second-order valence-corrected chi connectivity index (χ2v) is 31.8. The van der Waals surface area contributed by atoms with Crippen molar-refractivity contribution in [3.05, 3.63) is 0 Å². The summed E-state index contributed by atoms with van der Waals surface area (Å²) in [4.78, 5) is 73.0. The van der Waals surface area contributed by atoms with Gasteiger partial charge in [-0.2, -0.15) is 0 Å². The number of esters is 4. The molecule has 17 nitrogen and oxygen atoms in total. The van der Waals surface area contributed by atoms with E-state index in [9.17, 15) is 43.2 Å². The van der Waals surface area contributed by atoms with Crippen molar-refractivity contribution in [1.82, 2.24) is 0 Å². The number of rotatable bonds is 79. The minimum Gasteiger partial charge on any atom is -0.462 e. The summed E-state index contributed by atoms with van der Waals surface area (Å²) in [5, 5.41) is 10.6. The molecule has 2 unspecified atom stereocenters. The normalized spacial score (nSPS) is 13.9. The van der Waals surface area contributed by atoms with Crippen LogP contribution in [0.15, 0.2) is 0 Å². The van der Waals surface area contributed by atoms with Crippen molar-refractivity contribution in [2.75, 3.05) is 39.6 Å². The van der Waals surface area contributed by atoms with Gasteiger partial charge < -0.3 is 33.8 Å². The molecule has 0 bridgehead atoms. The average Bonchev–Trinajstić information content (AvgIpc) is 1.02. The summed E-state index contributed by atoms with van der Waals surface area (Å²) < 4.78 is 68.7. The molecule has 0 aliphatic heterocycles. The van der Waals surface area contributed by atoms with E-state index in [4.69, 9.17) is 37.0 Å². The Labute approximate surface area is 600 Å². The fourth-order valence-electron chi connectivity index (χ4n) is 12.2. The first kappa shape index (κ1) is 96.1. The van der Waals surface area contributed by atoms with Gasteiger partial charge in [-0.1, -0.05) is 369 Å². The van der Waals surface area contributed by atoms with E-state index in [-0.39, 0.29) is 25.7 Å². The summed E-state index contributed by atoms with van der Waals surface area (Å²) in [5.74, 6) is -1.38. The number of phosphoric ester groups is 2. The first-order chi connectivity index (χ1) is 47.5. The lowest BCUT2D eigenvalue weighted by Crippen LogP contribution is -2.30. The largest absolute Gasteiger partial charge is 0.472 e. The van der Waals surface area contributed by atoms with E-state index in [0.717, 1.165) is 95.8 Å². The van der Waals surface area contributed by atoms with Crippen LogP contribution in [0.1, 0.15) is 420 Å². The zero-order chi connectivity index (χ0) is 71.9. The Kier molecular flexibility index (Phi) is 70.6. The molecule has 5 atom stereocenters. The molecule has 0 fully saturated rings. The van der Waals surface area contributed by atoms with Crippen LogP contribution in [0.4, 0.5) is 0 Å². The Balaban J connectivity index is 5.25. The standard InChI is InChI=1S/C79H154O17P2/c1-6-9-12-15-18-21-24-27-29-31-33-36-38-41-47-52-57-62-76(81)89-68-74(95-79(84)65-60-55-50-43-40-37-34-32-30-28-25-22-19-16-13-10-7-2)70-93-97(85,86)91-66-73(80)67-92-98(87,88)94-71-75(69-90-77(82)63-58-53-48-45-44-46-51-56-61-72(4)5)96-78(83)64-59-54-49-42-39-35-26-23-20-17-14-11-8-3/h72-75,80H,6-71H2,1-5H3,(H,85,86)(H,87,88)/t73-,74-,75-/m1/s1. The molecule has 0 aromatic rings. The number of aliphatic hydroxyl groups is 1. The van der Waals surface area contributed by atoms with Crippen LogP contribution in [0.2, 0.25) is 0 Å². The number of carbonyl (C=O) groups excluding carboxylic acids is 4. The molecule has 0 radical (unpaired) electrons. The Morgan fingerprint density at radius 3 is 0.694 bits per heavy atom. The maximum absolute atomic E-state index is 13.1. The van der Waals surface area contributed by atoms with Crippen molar-refractivity contribution in [3.63, 3.8) is 0 Å². The highest BCUT2D eigenvalue weighted by Gasteiger charge is 2.30. The molecule has 0 saturated carbocycles.